The molecule has 1 aromatic carbocycles. The van der Waals surface area contributed by atoms with Gasteiger partial charge in [-0.05, 0) is 32.0 Å². The van der Waals surface area contributed by atoms with Crippen molar-refractivity contribution in [3.8, 4) is 0 Å². The van der Waals surface area contributed by atoms with Crippen molar-refractivity contribution in [1.82, 2.24) is 9.80 Å². The first-order chi connectivity index (χ1) is 10.1. The van der Waals surface area contributed by atoms with Crippen molar-refractivity contribution in [3.05, 3.63) is 30.3 Å². The molecule has 1 aliphatic carbocycles. The second-order valence-electron chi connectivity index (χ2n) is 6.00. The summed E-state index contributed by atoms with van der Waals surface area (Å²) in [7, 11) is 2.05. The molecule has 1 heterocycles. The van der Waals surface area contributed by atoms with E-state index in [1.807, 2.05) is 35.2 Å². The Hall–Kier alpha value is -1.88. The van der Waals surface area contributed by atoms with E-state index in [4.69, 9.17) is 0 Å². The number of hydrogen-bond donors (Lipinski definition) is 1. The first-order valence-electron chi connectivity index (χ1n) is 7.46. The Morgan fingerprint density at radius 1 is 1.05 bits per heavy atom. The molecule has 0 aromatic heterocycles. The fraction of sp³-hybridized carbons (Fsp3) is 0.500. The van der Waals surface area contributed by atoms with Crippen LogP contribution in [0, 0.1) is 5.41 Å². The zero-order chi connectivity index (χ0) is 14.9. The molecule has 21 heavy (non-hydrogen) atoms. The quantitative estimate of drug-likeness (QED) is 0.849. The number of para-hydroxylation sites is 1. The number of carbonyl (C=O) groups is 2. The van der Waals surface area contributed by atoms with Crippen molar-refractivity contribution in [2.24, 2.45) is 5.41 Å². The fourth-order valence-electron chi connectivity index (χ4n) is 2.75. The number of carbonyl (C=O) groups excluding carboxylic acids is 2. The van der Waals surface area contributed by atoms with Gasteiger partial charge in [0.1, 0.15) is 5.41 Å². The Morgan fingerprint density at radius 3 is 2.24 bits per heavy atom. The molecule has 1 saturated heterocycles. The summed E-state index contributed by atoms with van der Waals surface area (Å²) in [6.45, 7) is 3.19. The molecule has 2 fully saturated rings. The van der Waals surface area contributed by atoms with Crippen LogP contribution in [0.5, 0.6) is 0 Å². The lowest BCUT2D eigenvalue weighted by atomic mass is 10.0. The van der Waals surface area contributed by atoms with Crippen molar-refractivity contribution in [1.29, 1.82) is 0 Å². The Balaban J connectivity index is 1.66. The van der Waals surface area contributed by atoms with E-state index in [-0.39, 0.29) is 11.8 Å². The summed E-state index contributed by atoms with van der Waals surface area (Å²) in [5.74, 6) is -0.151. The SMILES string of the molecule is CN1CCN(C(=O)C2(C(=O)Nc3ccccc3)CC2)CC1. The third-order valence-corrected chi connectivity index (χ3v) is 4.42. The normalized spacial score (nSPS) is 20.9. The molecule has 1 N–H and O–H groups in total. The smallest absolute Gasteiger partial charge is 0.240 e. The first-order valence-corrected chi connectivity index (χ1v) is 7.46. The summed E-state index contributed by atoms with van der Waals surface area (Å²) in [4.78, 5) is 29.2. The van der Waals surface area contributed by atoms with Crippen molar-refractivity contribution in [2.45, 2.75) is 12.8 Å². The topological polar surface area (TPSA) is 52.7 Å². The molecule has 0 bridgehead atoms. The van der Waals surface area contributed by atoms with E-state index >= 15 is 0 Å². The van der Waals surface area contributed by atoms with Gasteiger partial charge in [-0.15, -0.1) is 0 Å². The van der Waals surface area contributed by atoms with Gasteiger partial charge in [-0.1, -0.05) is 18.2 Å². The zero-order valence-corrected chi connectivity index (χ0v) is 12.3. The molecule has 0 atom stereocenters. The lowest BCUT2D eigenvalue weighted by Crippen LogP contribution is -2.51. The molecule has 2 amide bonds. The molecule has 5 nitrogen and oxygen atoms in total. The first kappa shape index (κ1) is 14.1. The predicted molar refractivity (Wildman–Crippen MR) is 80.8 cm³/mol. The Kier molecular flexibility index (Phi) is 3.68. The second-order valence-corrected chi connectivity index (χ2v) is 6.00. The molecule has 112 valence electrons. The third kappa shape index (κ3) is 2.78. The standard InChI is InChI=1S/C16H21N3O2/c1-18-9-11-19(12-10-18)15(21)16(7-8-16)14(20)17-13-5-3-2-4-6-13/h2-6H,7-12H2,1H3,(H,17,20). The van der Waals surface area contributed by atoms with Crippen LogP contribution in [0.4, 0.5) is 5.69 Å². The second kappa shape index (κ2) is 5.48. The van der Waals surface area contributed by atoms with Gasteiger partial charge in [0.05, 0.1) is 0 Å². The van der Waals surface area contributed by atoms with Crippen LogP contribution in [-0.4, -0.2) is 54.8 Å². The molecule has 0 radical (unpaired) electrons. The van der Waals surface area contributed by atoms with Gasteiger partial charge >= 0.3 is 0 Å². The van der Waals surface area contributed by atoms with E-state index in [0.29, 0.717) is 12.8 Å². The highest BCUT2D eigenvalue weighted by Crippen LogP contribution is 2.48. The van der Waals surface area contributed by atoms with Crippen LogP contribution in [0.1, 0.15) is 12.8 Å². The van der Waals surface area contributed by atoms with Crippen LogP contribution >= 0.6 is 0 Å². The van der Waals surface area contributed by atoms with E-state index in [2.05, 4.69) is 17.3 Å². The minimum absolute atomic E-state index is 0.00373. The van der Waals surface area contributed by atoms with Gasteiger partial charge in [-0.2, -0.15) is 0 Å². The Labute approximate surface area is 124 Å². The third-order valence-electron chi connectivity index (χ3n) is 4.42. The van der Waals surface area contributed by atoms with E-state index in [1.54, 1.807) is 0 Å². The molecule has 1 saturated carbocycles. The maximum absolute atomic E-state index is 12.7. The number of likely N-dealkylation sites (N-methyl/N-ethyl adjacent to an activating group) is 1. The van der Waals surface area contributed by atoms with E-state index in [0.717, 1.165) is 31.9 Å². The average Bonchev–Trinajstić information content (AvgIpc) is 3.30. The zero-order valence-electron chi connectivity index (χ0n) is 12.3. The summed E-state index contributed by atoms with van der Waals surface area (Å²) >= 11 is 0. The molecular formula is C16H21N3O2. The summed E-state index contributed by atoms with van der Waals surface area (Å²) in [6, 6.07) is 9.33. The van der Waals surface area contributed by atoms with Crippen LogP contribution in [-0.2, 0) is 9.59 Å². The molecule has 0 spiro atoms. The molecule has 2 aliphatic rings. The summed E-state index contributed by atoms with van der Waals surface area (Å²) in [5, 5.41) is 2.88. The molecular weight excluding hydrogens is 266 g/mol. The van der Waals surface area contributed by atoms with Crippen molar-refractivity contribution in [2.75, 3.05) is 38.5 Å². The number of benzene rings is 1. The van der Waals surface area contributed by atoms with Gasteiger partial charge in [-0.3, -0.25) is 9.59 Å². The van der Waals surface area contributed by atoms with Gasteiger partial charge in [0.15, 0.2) is 0 Å². The van der Waals surface area contributed by atoms with Crippen LogP contribution < -0.4 is 5.32 Å². The minimum Gasteiger partial charge on any atom is -0.339 e. The Bertz CT molecular complexity index is 532. The van der Waals surface area contributed by atoms with Gasteiger partial charge in [-0.25, -0.2) is 0 Å². The van der Waals surface area contributed by atoms with Gasteiger partial charge in [0, 0.05) is 31.9 Å². The number of nitrogens with zero attached hydrogens (tertiary/aromatic N) is 2. The number of hydrogen-bond acceptors (Lipinski definition) is 3. The fourth-order valence-corrected chi connectivity index (χ4v) is 2.75. The minimum atomic E-state index is -0.814. The number of anilines is 1. The highest BCUT2D eigenvalue weighted by atomic mass is 16.2. The maximum atomic E-state index is 12.7. The monoisotopic (exact) mass is 287 g/mol. The Morgan fingerprint density at radius 2 is 1.67 bits per heavy atom. The van der Waals surface area contributed by atoms with Gasteiger partial charge in [0.25, 0.3) is 0 Å². The predicted octanol–water partition coefficient (Wildman–Crippen LogP) is 1.18. The number of piperazine rings is 1. The van der Waals surface area contributed by atoms with Crippen LogP contribution in [0.2, 0.25) is 0 Å². The average molecular weight is 287 g/mol. The number of amides is 2. The summed E-state index contributed by atoms with van der Waals surface area (Å²) in [5.41, 5.74) is -0.0638. The van der Waals surface area contributed by atoms with E-state index in [1.165, 1.54) is 0 Å². The molecule has 1 aromatic rings. The summed E-state index contributed by atoms with van der Waals surface area (Å²) < 4.78 is 0. The summed E-state index contributed by atoms with van der Waals surface area (Å²) in [6.07, 6.45) is 1.33. The molecule has 1 aliphatic heterocycles. The van der Waals surface area contributed by atoms with Crippen LogP contribution in [0.25, 0.3) is 0 Å². The lowest BCUT2D eigenvalue weighted by molar-refractivity contribution is -0.143. The molecule has 5 heteroatoms. The van der Waals surface area contributed by atoms with Crippen molar-refractivity contribution < 1.29 is 9.59 Å². The van der Waals surface area contributed by atoms with Crippen molar-refractivity contribution in [3.63, 3.8) is 0 Å². The van der Waals surface area contributed by atoms with Crippen molar-refractivity contribution >= 4 is 17.5 Å². The maximum Gasteiger partial charge on any atom is 0.240 e. The van der Waals surface area contributed by atoms with Crippen LogP contribution in [0.3, 0.4) is 0 Å². The van der Waals surface area contributed by atoms with E-state index < -0.39 is 5.41 Å². The largest absolute Gasteiger partial charge is 0.339 e. The molecule has 0 unspecified atom stereocenters. The highest BCUT2D eigenvalue weighted by molar-refractivity contribution is 6.13. The number of rotatable bonds is 3. The van der Waals surface area contributed by atoms with Gasteiger partial charge < -0.3 is 15.1 Å². The highest BCUT2D eigenvalue weighted by Gasteiger charge is 2.58. The van der Waals surface area contributed by atoms with E-state index in [9.17, 15) is 9.59 Å². The van der Waals surface area contributed by atoms with Crippen LogP contribution in [0.15, 0.2) is 30.3 Å². The lowest BCUT2D eigenvalue weighted by Gasteiger charge is -2.34. The molecule has 3 rings (SSSR count). The number of nitrogens with one attached hydrogen (secondary N) is 1. The van der Waals surface area contributed by atoms with Gasteiger partial charge in [0.2, 0.25) is 11.8 Å².